The van der Waals surface area contributed by atoms with Crippen molar-refractivity contribution in [3.8, 4) is 46.2 Å². The van der Waals surface area contributed by atoms with Gasteiger partial charge in [0, 0.05) is 102 Å². The molecule has 0 aliphatic carbocycles. The highest BCUT2D eigenvalue weighted by atomic mass is 19.1. The van der Waals surface area contributed by atoms with Crippen LogP contribution in [0.1, 0.15) is 89.7 Å². The SMILES string of the molecule is CCNC(=O)Nc1ccc(-c2nc3n(Cc4c(F)cccc4F)ccc(=O)n3c2CN(CC(=O)N[C@@H](C)C(=O)NCC#Cc2ccccc2C#CCNC(=O)[C@H](C)NC(=O)CNC(=O)CN(Cc2ccccc2)Cc2c(-c3ccc(NC(=O)NCC)cc3)nc3n(Cc4c(F)cccc4F)cc(C(=O)OCC)c(=O)n23)Cc2ccccc2)cc1. The number of benzene rings is 7. The molecule has 9 N–H and O–H groups in total. The molecule has 28 nitrogen and oxygen atoms in total. The lowest BCUT2D eigenvalue weighted by atomic mass is 10.1. The van der Waals surface area contributed by atoms with Gasteiger partial charge in [0.05, 0.1) is 75.2 Å². The predicted octanol–water partition coefficient (Wildman–Crippen LogP) is 8.22. The first-order chi connectivity index (χ1) is 57.4. The molecule has 2 atom stereocenters. The Morgan fingerprint density at radius 1 is 0.479 bits per heavy atom. The van der Waals surface area contributed by atoms with E-state index in [9.17, 15) is 47.9 Å². The number of ether oxygens (including phenoxy) is 1. The van der Waals surface area contributed by atoms with Gasteiger partial charge in [0.2, 0.25) is 41.1 Å². The van der Waals surface area contributed by atoms with Gasteiger partial charge in [-0.2, -0.15) is 0 Å². The van der Waals surface area contributed by atoms with Crippen LogP contribution >= 0.6 is 0 Å². The fourth-order valence-electron chi connectivity index (χ4n) is 12.9. The topological polar surface area (TPSA) is 339 Å². The largest absolute Gasteiger partial charge is 0.462 e. The molecule has 0 spiro atoms. The molecular weight excluding hydrogens is 1540 g/mol. The van der Waals surface area contributed by atoms with Crippen molar-refractivity contribution in [3.63, 3.8) is 0 Å². The van der Waals surface area contributed by atoms with Crippen LogP contribution in [0, 0.1) is 47.0 Å². The lowest BCUT2D eigenvalue weighted by molar-refractivity contribution is -0.129. The maximum Gasteiger partial charge on any atom is 0.345 e. The number of urea groups is 2. The fourth-order valence-corrected chi connectivity index (χ4v) is 12.9. The van der Waals surface area contributed by atoms with Crippen LogP contribution in [0.25, 0.3) is 34.1 Å². The summed E-state index contributed by atoms with van der Waals surface area (Å²) in [6.45, 7) is 6.15. The van der Waals surface area contributed by atoms with E-state index in [0.717, 1.165) is 46.0 Å². The summed E-state index contributed by atoms with van der Waals surface area (Å²) < 4.78 is 71.5. The smallest absolute Gasteiger partial charge is 0.345 e. The maximum absolute atomic E-state index is 15.4. The minimum absolute atomic E-state index is 0.0563. The molecule has 0 unspecified atom stereocenters. The molecular formula is C87H85F4N17O11. The number of amides is 9. The Bertz CT molecular complexity index is 5800. The average molecular weight is 1620 g/mol. The van der Waals surface area contributed by atoms with E-state index in [1.165, 1.54) is 51.8 Å². The molecule has 32 heteroatoms. The van der Waals surface area contributed by atoms with Crippen LogP contribution in [0.3, 0.4) is 0 Å². The van der Waals surface area contributed by atoms with Gasteiger partial charge in [-0.05, 0) is 106 Å². The van der Waals surface area contributed by atoms with Crippen molar-refractivity contribution in [3.05, 3.63) is 283 Å². The summed E-state index contributed by atoms with van der Waals surface area (Å²) in [5.74, 6) is 4.19. The number of carbonyl (C=O) groups excluding carboxylic acids is 8. The molecule has 7 aromatic carbocycles. The third-order valence-corrected chi connectivity index (χ3v) is 18.6. The Hall–Kier alpha value is -14.5. The minimum atomic E-state index is -1.11. The van der Waals surface area contributed by atoms with Gasteiger partial charge in [-0.15, -0.1) is 0 Å². The highest BCUT2D eigenvalue weighted by Gasteiger charge is 2.30. The van der Waals surface area contributed by atoms with E-state index in [2.05, 4.69) is 71.5 Å². The summed E-state index contributed by atoms with van der Waals surface area (Å²) in [5, 5.41) is 24.1. The number of nitrogens with zero attached hydrogens (tertiary/aromatic N) is 8. The first-order valence-corrected chi connectivity index (χ1v) is 38.0. The van der Waals surface area contributed by atoms with Crippen LogP contribution in [0.15, 0.2) is 198 Å². The summed E-state index contributed by atoms with van der Waals surface area (Å²) in [5.41, 5.74) is 2.68. The second-order valence-corrected chi connectivity index (χ2v) is 27.3. The molecule has 0 aliphatic heterocycles. The second kappa shape index (κ2) is 40.7. The Kier molecular flexibility index (Phi) is 29.2. The molecule has 0 radical (unpaired) electrons. The van der Waals surface area contributed by atoms with Crippen molar-refractivity contribution in [1.29, 1.82) is 0 Å². The lowest BCUT2D eigenvalue weighted by Gasteiger charge is -2.23. The normalized spacial score (nSPS) is 11.5. The number of carbonyl (C=O) groups is 8. The number of fused-ring (bicyclic) bond motifs is 2. The van der Waals surface area contributed by atoms with E-state index < -0.39 is 125 Å². The van der Waals surface area contributed by atoms with Crippen molar-refractivity contribution < 1.29 is 60.7 Å². The minimum Gasteiger partial charge on any atom is -0.462 e. The van der Waals surface area contributed by atoms with Crippen LogP contribution in [0.4, 0.5) is 38.5 Å². The number of esters is 1. The molecule has 0 saturated carbocycles. The summed E-state index contributed by atoms with van der Waals surface area (Å²) >= 11 is 0. The summed E-state index contributed by atoms with van der Waals surface area (Å²) in [6, 6.07) is 43.3. The van der Waals surface area contributed by atoms with Crippen LogP contribution in [0.2, 0.25) is 0 Å². The number of anilines is 2. The number of imidazole rings is 2. The van der Waals surface area contributed by atoms with E-state index in [-0.39, 0.29) is 87.5 Å². The molecule has 0 fully saturated rings. The van der Waals surface area contributed by atoms with E-state index >= 15 is 17.6 Å². The molecule has 11 rings (SSSR count). The summed E-state index contributed by atoms with van der Waals surface area (Å²) in [4.78, 5) is 149. The quantitative estimate of drug-likeness (QED) is 0.0109. The number of hydrogen-bond donors (Lipinski definition) is 9. The van der Waals surface area contributed by atoms with Gasteiger partial charge in [-0.25, -0.2) is 50.7 Å². The summed E-state index contributed by atoms with van der Waals surface area (Å²) in [6.07, 6.45) is 2.52. The molecule has 119 heavy (non-hydrogen) atoms. The van der Waals surface area contributed by atoms with E-state index in [0.29, 0.717) is 58.1 Å². The third kappa shape index (κ3) is 22.5. The lowest BCUT2D eigenvalue weighted by Crippen LogP contribution is -2.48. The monoisotopic (exact) mass is 1620 g/mol. The van der Waals surface area contributed by atoms with Gasteiger partial charge in [-0.3, -0.25) is 43.4 Å². The number of rotatable bonds is 32. The zero-order valence-electron chi connectivity index (χ0n) is 65.5. The second-order valence-electron chi connectivity index (χ2n) is 27.3. The van der Waals surface area contributed by atoms with Gasteiger partial charge in [0.1, 0.15) is 40.9 Å². The van der Waals surface area contributed by atoms with Crippen molar-refractivity contribution in [2.75, 3.05) is 63.1 Å². The number of halogens is 4. The molecule has 11 aromatic rings. The Morgan fingerprint density at radius 3 is 1.39 bits per heavy atom. The first-order valence-electron chi connectivity index (χ1n) is 38.0. The van der Waals surface area contributed by atoms with Crippen molar-refractivity contribution in [2.45, 2.75) is 86.0 Å². The molecule has 612 valence electrons. The van der Waals surface area contributed by atoms with E-state index in [4.69, 9.17) is 14.7 Å². The molecule has 4 heterocycles. The fraction of sp³-hybridized carbons (Fsp3) is 0.241. The maximum atomic E-state index is 15.4. The highest BCUT2D eigenvalue weighted by Crippen LogP contribution is 2.31. The number of aromatic nitrogens is 6. The highest BCUT2D eigenvalue weighted by molar-refractivity contribution is 5.93. The predicted molar refractivity (Wildman–Crippen MR) is 438 cm³/mol. The van der Waals surface area contributed by atoms with Crippen LogP contribution < -0.4 is 59.0 Å². The standard InChI is InChI=1S/C87H85F4N17O11/c1-6-92-84(117)99-63-37-33-61(34-38-63)78-72(107-77(112)41-44-105(86(107)101-78)48-65-68(88)29-17-30-69(65)89)51-104(47-58-23-13-10-14-24-58)54-76(111)98-56(5)81(114)95-43-20-28-60-26-16-15-25-59(60)27-19-42-94-80(113)55(4)97-74(109)45-96-75(110)53-103(46-57-21-11-9-12-22-57)52-73-79(62-35-39-64(40-36-62)100-85(118)93-7-2)102-87-106(49-66-70(90)31-18-32-71(66)91)50-67(82(115)108(73)87)83(116)119-8-3/h9-18,21-26,29-41,44,50,55-56H,6-8,42-43,45-49,51-54H2,1-5H3,(H,94,113)(H,95,114)(H,96,110)(H,97,109)(H,98,111)(H2,92,99,117)(H2,93,100,118)/t55-,56-/m0/s1. The van der Waals surface area contributed by atoms with Gasteiger partial charge < -0.3 is 61.7 Å². The number of hydrogen-bond acceptors (Lipinski definition) is 15. The van der Waals surface area contributed by atoms with Crippen molar-refractivity contribution >= 4 is 70.5 Å². The Labute approximate surface area is 680 Å². The van der Waals surface area contributed by atoms with Crippen LogP contribution in [-0.2, 0) is 68.0 Å². The zero-order chi connectivity index (χ0) is 84.7. The van der Waals surface area contributed by atoms with Gasteiger partial charge in [0.25, 0.3) is 11.1 Å². The number of nitrogens with one attached hydrogen (secondary N) is 9. The molecule has 4 aromatic heterocycles. The van der Waals surface area contributed by atoms with Gasteiger partial charge >= 0.3 is 18.0 Å². The van der Waals surface area contributed by atoms with Crippen LogP contribution in [0.5, 0.6) is 0 Å². The van der Waals surface area contributed by atoms with E-state index in [1.54, 1.807) is 122 Å². The Balaban J connectivity index is 0.709. The molecule has 9 amide bonds. The van der Waals surface area contributed by atoms with Gasteiger partial charge in [-0.1, -0.05) is 133 Å². The molecule has 0 bridgehead atoms. The Morgan fingerprint density at radius 2 is 0.916 bits per heavy atom. The van der Waals surface area contributed by atoms with Crippen molar-refractivity contribution in [1.82, 2.24) is 74.9 Å². The summed E-state index contributed by atoms with van der Waals surface area (Å²) in [7, 11) is 0. The molecule has 0 saturated heterocycles. The van der Waals surface area contributed by atoms with Crippen LogP contribution in [-0.4, -0.2) is 150 Å². The molecule has 0 aliphatic rings. The zero-order valence-corrected chi connectivity index (χ0v) is 65.5. The first kappa shape index (κ1) is 85.4. The van der Waals surface area contributed by atoms with Gasteiger partial charge in [0.15, 0.2) is 0 Å². The van der Waals surface area contributed by atoms with Crippen molar-refractivity contribution in [2.24, 2.45) is 0 Å². The van der Waals surface area contributed by atoms with E-state index in [1.807, 2.05) is 42.5 Å². The third-order valence-electron chi connectivity index (χ3n) is 18.6. The average Bonchev–Trinajstić information content (AvgIpc) is 1.60.